The van der Waals surface area contributed by atoms with Crippen LogP contribution in [0.15, 0.2) is 30.3 Å². The van der Waals surface area contributed by atoms with Crippen molar-refractivity contribution in [3.63, 3.8) is 0 Å². The molecular weight excluding hydrogens is 330 g/mol. The highest BCUT2D eigenvalue weighted by Gasteiger charge is 2.22. The summed E-state index contributed by atoms with van der Waals surface area (Å²) in [5.74, 6) is -0.766. The summed E-state index contributed by atoms with van der Waals surface area (Å²) in [5, 5.41) is 13.8. The zero-order valence-corrected chi connectivity index (χ0v) is 13.9. The normalized spacial score (nSPS) is 13.6. The number of aryl methyl sites for hydroxylation is 1. The molecular formula is C17H18ClN3O3. The number of halogens is 1. The maximum atomic E-state index is 12.5. The Morgan fingerprint density at radius 3 is 2.67 bits per heavy atom. The number of hydrogen-bond donors (Lipinski definition) is 1. The van der Waals surface area contributed by atoms with Gasteiger partial charge in [-0.3, -0.25) is 14.3 Å². The van der Waals surface area contributed by atoms with Gasteiger partial charge in [0.15, 0.2) is 0 Å². The molecule has 126 valence electrons. The van der Waals surface area contributed by atoms with Crippen molar-refractivity contribution in [3.05, 3.63) is 52.3 Å². The van der Waals surface area contributed by atoms with E-state index in [1.807, 2.05) is 27.8 Å². The average Bonchev–Trinajstić information content (AvgIpc) is 2.97. The second-order valence-corrected chi connectivity index (χ2v) is 6.30. The number of benzene rings is 1. The van der Waals surface area contributed by atoms with E-state index in [4.69, 9.17) is 16.7 Å². The lowest BCUT2D eigenvalue weighted by Gasteiger charge is -2.27. The Balaban J connectivity index is 1.62. The first-order chi connectivity index (χ1) is 11.5. The van der Waals surface area contributed by atoms with Crippen molar-refractivity contribution in [1.29, 1.82) is 0 Å². The third kappa shape index (κ3) is 3.94. The minimum Gasteiger partial charge on any atom is -0.481 e. The van der Waals surface area contributed by atoms with E-state index < -0.39 is 5.97 Å². The van der Waals surface area contributed by atoms with Crippen molar-refractivity contribution in [1.82, 2.24) is 14.7 Å². The van der Waals surface area contributed by atoms with Gasteiger partial charge in [0, 0.05) is 18.0 Å². The molecule has 1 aliphatic rings. The van der Waals surface area contributed by atoms with Gasteiger partial charge in [0.1, 0.15) is 0 Å². The van der Waals surface area contributed by atoms with E-state index in [0.29, 0.717) is 37.5 Å². The van der Waals surface area contributed by atoms with Crippen molar-refractivity contribution in [2.45, 2.75) is 32.4 Å². The van der Waals surface area contributed by atoms with Crippen molar-refractivity contribution in [3.8, 4) is 0 Å². The van der Waals surface area contributed by atoms with Gasteiger partial charge in [-0.25, -0.2) is 0 Å². The van der Waals surface area contributed by atoms with Crippen LogP contribution in [-0.2, 0) is 35.5 Å². The third-order valence-corrected chi connectivity index (χ3v) is 4.32. The van der Waals surface area contributed by atoms with E-state index in [1.165, 1.54) is 0 Å². The van der Waals surface area contributed by atoms with Crippen LogP contribution in [0.3, 0.4) is 0 Å². The number of aromatic nitrogens is 2. The summed E-state index contributed by atoms with van der Waals surface area (Å²) in [4.78, 5) is 24.9. The van der Waals surface area contributed by atoms with Gasteiger partial charge in [-0.15, -0.1) is 0 Å². The Morgan fingerprint density at radius 1 is 1.21 bits per heavy atom. The van der Waals surface area contributed by atoms with Crippen LogP contribution >= 0.6 is 11.6 Å². The number of carboxylic acids is 1. The number of fused-ring (bicyclic) bond motifs is 1. The average molecular weight is 348 g/mol. The number of hydrogen-bond acceptors (Lipinski definition) is 3. The van der Waals surface area contributed by atoms with Gasteiger partial charge in [-0.1, -0.05) is 23.7 Å². The molecule has 0 unspecified atom stereocenters. The topological polar surface area (TPSA) is 75.4 Å². The summed E-state index contributed by atoms with van der Waals surface area (Å²) in [5.41, 5.74) is 2.65. The molecule has 2 heterocycles. The number of carbonyl (C=O) groups excluding carboxylic acids is 1. The van der Waals surface area contributed by atoms with Crippen LogP contribution in [-0.4, -0.2) is 38.2 Å². The molecule has 0 saturated carbocycles. The zero-order valence-electron chi connectivity index (χ0n) is 13.1. The molecule has 0 atom stereocenters. The molecule has 0 bridgehead atoms. The van der Waals surface area contributed by atoms with Gasteiger partial charge >= 0.3 is 5.97 Å². The standard InChI is InChI=1S/C17H18ClN3O3/c18-13-3-1-12(2-4-13)9-16(22)20-7-8-21-15(11-20)10-14(19-21)5-6-17(23)24/h1-4,10H,5-9,11H2,(H,23,24). The maximum Gasteiger partial charge on any atom is 0.303 e. The summed E-state index contributed by atoms with van der Waals surface area (Å²) in [7, 11) is 0. The van der Waals surface area contributed by atoms with Crippen LogP contribution in [0.4, 0.5) is 0 Å². The van der Waals surface area contributed by atoms with Crippen molar-refractivity contribution in [2.75, 3.05) is 6.54 Å². The van der Waals surface area contributed by atoms with Crippen LogP contribution in [0, 0.1) is 0 Å². The summed E-state index contributed by atoms with van der Waals surface area (Å²) in [6.45, 7) is 1.75. The minimum atomic E-state index is -0.833. The molecule has 1 amide bonds. The monoisotopic (exact) mass is 347 g/mol. The molecule has 1 N–H and O–H groups in total. The van der Waals surface area contributed by atoms with E-state index in [1.54, 1.807) is 12.1 Å². The quantitative estimate of drug-likeness (QED) is 0.899. The molecule has 3 rings (SSSR count). The maximum absolute atomic E-state index is 12.5. The fourth-order valence-electron chi connectivity index (χ4n) is 2.78. The fourth-order valence-corrected chi connectivity index (χ4v) is 2.91. The Hall–Kier alpha value is -2.34. The molecule has 1 aromatic heterocycles. The predicted molar refractivity (Wildman–Crippen MR) is 88.8 cm³/mol. The summed E-state index contributed by atoms with van der Waals surface area (Å²) in [6, 6.07) is 9.18. The molecule has 0 saturated heterocycles. The Bertz CT molecular complexity index is 755. The Morgan fingerprint density at radius 2 is 1.96 bits per heavy atom. The number of amides is 1. The van der Waals surface area contributed by atoms with Crippen LogP contribution in [0.25, 0.3) is 0 Å². The molecule has 0 aliphatic carbocycles. The first-order valence-corrected chi connectivity index (χ1v) is 8.18. The van der Waals surface area contributed by atoms with Gasteiger partial charge < -0.3 is 10.0 Å². The Labute approximate surface area is 144 Å². The van der Waals surface area contributed by atoms with Crippen LogP contribution < -0.4 is 0 Å². The van der Waals surface area contributed by atoms with Crippen molar-refractivity contribution in [2.24, 2.45) is 0 Å². The van der Waals surface area contributed by atoms with Crippen LogP contribution in [0.1, 0.15) is 23.4 Å². The molecule has 1 aliphatic heterocycles. The zero-order chi connectivity index (χ0) is 17.1. The highest BCUT2D eigenvalue weighted by molar-refractivity contribution is 6.30. The molecule has 6 nitrogen and oxygen atoms in total. The SMILES string of the molecule is O=C(O)CCc1cc2n(n1)CCN(C(=O)Cc1ccc(Cl)cc1)C2. The highest BCUT2D eigenvalue weighted by atomic mass is 35.5. The minimum absolute atomic E-state index is 0.0651. The summed E-state index contributed by atoms with van der Waals surface area (Å²) >= 11 is 5.86. The molecule has 1 aromatic carbocycles. The molecule has 7 heteroatoms. The Kier molecular flexibility index (Phi) is 4.85. The van der Waals surface area contributed by atoms with E-state index >= 15 is 0 Å². The second kappa shape index (κ2) is 7.05. The lowest BCUT2D eigenvalue weighted by Crippen LogP contribution is -2.39. The lowest BCUT2D eigenvalue weighted by atomic mass is 10.1. The van der Waals surface area contributed by atoms with Gasteiger partial charge in [0.2, 0.25) is 5.91 Å². The van der Waals surface area contributed by atoms with Crippen LogP contribution in [0.5, 0.6) is 0 Å². The number of carboxylic acid groups (broad SMARTS) is 1. The fraction of sp³-hybridized carbons (Fsp3) is 0.353. The summed E-state index contributed by atoms with van der Waals surface area (Å²) < 4.78 is 1.86. The molecule has 0 fully saturated rings. The van der Waals surface area contributed by atoms with E-state index in [2.05, 4.69) is 5.10 Å². The highest BCUT2D eigenvalue weighted by Crippen LogP contribution is 2.17. The number of nitrogens with zero attached hydrogens (tertiary/aromatic N) is 3. The van der Waals surface area contributed by atoms with Gasteiger partial charge in [-0.2, -0.15) is 5.10 Å². The molecule has 0 spiro atoms. The van der Waals surface area contributed by atoms with E-state index in [9.17, 15) is 9.59 Å². The van der Waals surface area contributed by atoms with Crippen molar-refractivity contribution < 1.29 is 14.7 Å². The smallest absolute Gasteiger partial charge is 0.303 e. The second-order valence-electron chi connectivity index (χ2n) is 5.86. The molecule has 2 aromatic rings. The largest absolute Gasteiger partial charge is 0.481 e. The third-order valence-electron chi connectivity index (χ3n) is 4.06. The van der Waals surface area contributed by atoms with E-state index in [0.717, 1.165) is 17.0 Å². The number of carbonyl (C=O) groups is 2. The first-order valence-electron chi connectivity index (χ1n) is 7.81. The van der Waals surface area contributed by atoms with Gasteiger partial charge in [0.05, 0.1) is 37.3 Å². The lowest BCUT2D eigenvalue weighted by molar-refractivity contribution is -0.137. The molecule has 24 heavy (non-hydrogen) atoms. The first kappa shape index (κ1) is 16.5. The van der Waals surface area contributed by atoms with Crippen LogP contribution in [0.2, 0.25) is 5.02 Å². The van der Waals surface area contributed by atoms with E-state index in [-0.39, 0.29) is 12.3 Å². The predicted octanol–water partition coefficient (Wildman–Crippen LogP) is 2.14. The molecule has 0 radical (unpaired) electrons. The number of aliphatic carboxylic acids is 1. The van der Waals surface area contributed by atoms with Crippen molar-refractivity contribution >= 4 is 23.5 Å². The van der Waals surface area contributed by atoms with Gasteiger partial charge in [-0.05, 0) is 23.8 Å². The summed E-state index contributed by atoms with van der Waals surface area (Å²) in [6.07, 6.45) is 0.820. The van der Waals surface area contributed by atoms with Gasteiger partial charge in [0.25, 0.3) is 0 Å². The number of rotatable bonds is 5.